The molecule has 0 aliphatic carbocycles. The third-order valence-electron chi connectivity index (χ3n) is 5.49. The number of aryl methyl sites for hydroxylation is 1. The number of hydrogen-bond acceptors (Lipinski definition) is 4. The molecular weight excluding hydrogens is 396 g/mol. The van der Waals surface area contributed by atoms with Gasteiger partial charge in [0.25, 0.3) is 0 Å². The summed E-state index contributed by atoms with van der Waals surface area (Å²) >= 11 is 0. The smallest absolute Gasteiger partial charge is 0.328 e. The molecule has 0 saturated carbocycles. The molecule has 6 N–H and O–H groups in total. The van der Waals surface area contributed by atoms with Crippen LogP contribution in [0.1, 0.15) is 16.7 Å². The minimum absolute atomic E-state index is 0.143. The molecule has 2 heterocycles. The van der Waals surface area contributed by atoms with Gasteiger partial charge in [0.2, 0.25) is 0 Å². The Hall–Kier alpha value is -3.78. The van der Waals surface area contributed by atoms with Crippen LogP contribution in [0.15, 0.2) is 54.9 Å². The lowest BCUT2D eigenvalue weighted by Crippen LogP contribution is -2.36. The van der Waals surface area contributed by atoms with Crippen molar-refractivity contribution in [2.24, 2.45) is 5.73 Å². The molecule has 31 heavy (non-hydrogen) atoms. The van der Waals surface area contributed by atoms with E-state index >= 15 is 0 Å². The lowest BCUT2D eigenvalue weighted by molar-refractivity contribution is -0.139. The highest BCUT2D eigenvalue weighted by molar-refractivity contribution is 5.87. The van der Waals surface area contributed by atoms with E-state index in [4.69, 9.17) is 5.73 Å². The maximum Gasteiger partial charge on any atom is 0.328 e. The molecule has 0 spiro atoms. The van der Waals surface area contributed by atoms with E-state index in [1.807, 2.05) is 55.6 Å². The number of nitrogens with two attached hydrogens (primary N) is 1. The Morgan fingerprint density at radius 3 is 2.58 bits per heavy atom. The van der Waals surface area contributed by atoms with E-state index in [0.29, 0.717) is 0 Å². The minimum atomic E-state index is -1.08. The fourth-order valence-electron chi connectivity index (χ4n) is 3.88. The van der Waals surface area contributed by atoms with Gasteiger partial charge in [0.15, 0.2) is 0 Å². The van der Waals surface area contributed by atoms with E-state index < -0.39 is 24.0 Å². The third kappa shape index (κ3) is 4.10. The first kappa shape index (κ1) is 20.5. The fraction of sp³-hybridized carbons (Fsp3) is 0.217. The number of rotatable bonds is 8. The van der Waals surface area contributed by atoms with Crippen LogP contribution in [0.4, 0.5) is 0 Å². The topological polar surface area (TPSA) is 133 Å². The molecule has 0 fully saturated rings. The summed E-state index contributed by atoms with van der Waals surface area (Å²) in [4.78, 5) is 26.5. The van der Waals surface area contributed by atoms with Crippen molar-refractivity contribution in [3.63, 3.8) is 0 Å². The summed E-state index contributed by atoms with van der Waals surface area (Å²) in [6.07, 6.45) is 3.98. The van der Waals surface area contributed by atoms with Crippen molar-refractivity contribution in [3.05, 3.63) is 71.5 Å². The zero-order valence-corrected chi connectivity index (χ0v) is 17.0. The van der Waals surface area contributed by atoms with Crippen LogP contribution in [-0.4, -0.2) is 43.9 Å². The molecule has 0 saturated heterocycles. The Balaban J connectivity index is 1.68. The van der Waals surface area contributed by atoms with E-state index in [9.17, 15) is 19.8 Å². The molecule has 8 heteroatoms. The molecule has 0 aliphatic rings. The van der Waals surface area contributed by atoms with Gasteiger partial charge in [-0.05, 0) is 36.2 Å². The number of H-pyrrole nitrogens is 1. The van der Waals surface area contributed by atoms with Crippen LogP contribution < -0.4 is 11.2 Å². The second kappa shape index (κ2) is 8.16. The molecule has 8 nitrogen and oxygen atoms in total. The second-order valence-corrected chi connectivity index (χ2v) is 7.78. The number of fused-ring (bicyclic) bond motifs is 2. The van der Waals surface area contributed by atoms with Crippen LogP contribution in [0.3, 0.4) is 0 Å². The number of nitrogens with one attached hydrogen (secondary N) is 2. The van der Waals surface area contributed by atoms with E-state index in [2.05, 4.69) is 10.4 Å². The zero-order chi connectivity index (χ0) is 22.1. The Kier molecular flexibility index (Phi) is 5.39. The molecule has 2 aromatic heterocycles. The SMILES string of the molecule is Cc1ccc2c(c1)c(C[C@H](N)C(=O)O)cn2N[C@@H](Cc1c[nH]c2ccccc12)C(=O)O. The molecule has 4 rings (SSSR count). The minimum Gasteiger partial charge on any atom is -0.480 e. The average molecular weight is 420 g/mol. The molecule has 0 bridgehead atoms. The molecule has 0 unspecified atom stereocenters. The van der Waals surface area contributed by atoms with Crippen molar-refractivity contribution in [2.45, 2.75) is 31.8 Å². The summed E-state index contributed by atoms with van der Waals surface area (Å²) < 4.78 is 1.66. The Morgan fingerprint density at radius 1 is 1.06 bits per heavy atom. The van der Waals surface area contributed by atoms with Crippen molar-refractivity contribution in [3.8, 4) is 0 Å². The van der Waals surface area contributed by atoms with Crippen LogP contribution in [0.2, 0.25) is 0 Å². The molecule has 0 radical (unpaired) electrons. The fourth-order valence-corrected chi connectivity index (χ4v) is 3.88. The van der Waals surface area contributed by atoms with Crippen molar-refractivity contribution in [1.29, 1.82) is 0 Å². The quantitative estimate of drug-likeness (QED) is 0.298. The number of carboxylic acid groups (broad SMARTS) is 2. The summed E-state index contributed by atoms with van der Waals surface area (Å²) in [7, 11) is 0. The van der Waals surface area contributed by atoms with Gasteiger partial charge in [-0.1, -0.05) is 29.8 Å². The number of hydrogen-bond donors (Lipinski definition) is 5. The number of carboxylic acids is 2. The highest BCUT2D eigenvalue weighted by Crippen LogP contribution is 2.24. The highest BCUT2D eigenvalue weighted by Gasteiger charge is 2.22. The van der Waals surface area contributed by atoms with Gasteiger partial charge < -0.3 is 26.4 Å². The summed E-state index contributed by atoms with van der Waals surface area (Å²) in [6.45, 7) is 1.95. The van der Waals surface area contributed by atoms with Crippen LogP contribution >= 0.6 is 0 Å². The van der Waals surface area contributed by atoms with Crippen molar-refractivity contribution < 1.29 is 19.8 Å². The number of aliphatic carboxylic acids is 2. The first-order valence-corrected chi connectivity index (χ1v) is 9.97. The number of aromatic nitrogens is 2. The lowest BCUT2D eigenvalue weighted by Gasteiger charge is -2.17. The highest BCUT2D eigenvalue weighted by atomic mass is 16.4. The zero-order valence-electron chi connectivity index (χ0n) is 17.0. The standard InChI is InChI=1S/C23H24N4O4/c1-13-6-7-21-17(8-13)15(9-18(24)22(28)29)12-27(21)26-20(23(30)31)10-14-11-25-19-5-3-2-4-16(14)19/h2-8,11-12,18,20,25-26H,9-10,24H2,1H3,(H,28,29)(H,30,31)/t18-,20-/m0/s1. The number of nitrogens with zero attached hydrogens (tertiary/aromatic N) is 1. The first-order valence-electron chi connectivity index (χ1n) is 9.97. The van der Waals surface area contributed by atoms with E-state index in [1.165, 1.54) is 0 Å². The van der Waals surface area contributed by atoms with Crippen LogP contribution in [0.5, 0.6) is 0 Å². The maximum atomic E-state index is 12.0. The molecule has 160 valence electrons. The van der Waals surface area contributed by atoms with E-state index in [1.54, 1.807) is 10.9 Å². The van der Waals surface area contributed by atoms with Crippen LogP contribution in [-0.2, 0) is 22.4 Å². The van der Waals surface area contributed by atoms with Gasteiger partial charge in [0.1, 0.15) is 12.1 Å². The first-order chi connectivity index (χ1) is 14.8. The molecule has 2 atom stereocenters. The lowest BCUT2D eigenvalue weighted by atomic mass is 10.0. The maximum absolute atomic E-state index is 12.0. The van der Waals surface area contributed by atoms with Crippen molar-refractivity contribution in [2.75, 3.05) is 5.43 Å². The number of benzene rings is 2. The number of aromatic amines is 1. The van der Waals surface area contributed by atoms with Gasteiger partial charge >= 0.3 is 11.9 Å². The summed E-state index contributed by atoms with van der Waals surface area (Å²) in [5.41, 5.74) is 13.2. The van der Waals surface area contributed by atoms with Crippen molar-refractivity contribution >= 4 is 33.7 Å². The summed E-state index contributed by atoms with van der Waals surface area (Å²) in [5, 5.41) is 20.9. The molecule has 0 aliphatic heterocycles. The molecule has 0 amide bonds. The summed E-state index contributed by atoms with van der Waals surface area (Å²) in [5.74, 6) is -2.06. The molecular formula is C23H24N4O4. The third-order valence-corrected chi connectivity index (χ3v) is 5.49. The Morgan fingerprint density at radius 2 is 1.84 bits per heavy atom. The van der Waals surface area contributed by atoms with Gasteiger partial charge in [-0.15, -0.1) is 0 Å². The van der Waals surface area contributed by atoms with Gasteiger partial charge in [0.05, 0.1) is 5.52 Å². The van der Waals surface area contributed by atoms with E-state index in [0.717, 1.165) is 38.5 Å². The van der Waals surface area contributed by atoms with Crippen LogP contribution in [0.25, 0.3) is 21.8 Å². The van der Waals surface area contributed by atoms with Crippen LogP contribution in [0, 0.1) is 6.92 Å². The molecule has 4 aromatic rings. The normalized spacial score (nSPS) is 13.4. The Bertz CT molecular complexity index is 1270. The van der Waals surface area contributed by atoms with Crippen molar-refractivity contribution in [1.82, 2.24) is 9.66 Å². The number of carbonyl (C=O) groups is 2. The van der Waals surface area contributed by atoms with Gasteiger partial charge in [-0.25, -0.2) is 4.79 Å². The number of para-hydroxylation sites is 1. The largest absolute Gasteiger partial charge is 0.480 e. The predicted octanol–water partition coefficient (Wildman–Crippen LogP) is 2.62. The van der Waals surface area contributed by atoms with E-state index in [-0.39, 0.29) is 12.8 Å². The van der Waals surface area contributed by atoms with Gasteiger partial charge in [-0.2, -0.15) is 0 Å². The second-order valence-electron chi connectivity index (χ2n) is 7.78. The molecule has 2 aromatic carbocycles. The predicted molar refractivity (Wildman–Crippen MR) is 119 cm³/mol. The van der Waals surface area contributed by atoms with Gasteiger partial charge in [-0.3, -0.25) is 9.47 Å². The average Bonchev–Trinajstić information content (AvgIpc) is 3.29. The summed E-state index contributed by atoms with van der Waals surface area (Å²) in [6, 6.07) is 11.6. The Labute approximate surface area is 178 Å². The van der Waals surface area contributed by atoms with Gasteiger partial charge in [0, 0.05) is 41.5 Å². The monoisotopic (exact) mass is 420 g/mol.